The van der Waals surface area contributed by atoms with Crippen LogP contribution in [0.3, 0.4) is 0 Å². The second-order valence-corrected chi connectivity index (χ2v) is 9.68. The van der Waals surface area contributed by atoms with Gasteiger partial charge in [0.1, 0.15) is 5.75 Å². The fourth-order valence-electron chi connectivity index (χ4n) is 6.01. The third-order valence-electron chi connectivity index (χ3n) is 7.79. The van der Waals surface area contributed by atoms with Crippen molar-refractivity contribution in [1.82, 2.24) is 9.88 Å². The van der Waals surface area contributed by atoms with Gasteiger partial charge in [0, 0.05) is 41.2 Å². The van der Waals surface area contributed by atoms with Gasteiger partial charge in [-0.15, -0.1) is 0 Å². The third-order valence-corrected chi connectivity index (χ3v) is 7.79. The van der Waals surface area contributed by atoms with Crippen LogP contribution >= 0.6 is 0 Å². The summed E-state index contributed by atoms with van der Waals surface area (Å²) in [6.45, 7) is 3.61. The van der Waals surface area contributed by atoms with E-state index in [-0.39, 0.29) is 17.5 Å². The van der Waals surface area contributed by atoms with E-state index in [1.54, 1.807) is 0 Å². The molecule has 0 saturated carbocycles. The summed E-state index contributed by atoms with van der Waals surface area (Å²) in [5, 5.41) is 3.25. The van der Waals surface area contributed by atoms with Crippen molar-refractivity contribution in [2.24, 2.45) is 0 Å². The largest absolute Gasteiger partial charge is 0.493 e. The molecular formula is C31H26N2O2. The summed E-state index contributed by atoms with van der Waals surface area (Å²) < 4.78 is 5.78. The molecule has 35 heavy (non-hydrogen) atoms. The molecule has 172 valence electrons. The summed E-state index contributed by atoms with van der Waals surface area (Å²) in [7, 11) is 0. The molecule has 3 heterocycles. The minimum atomic E-state index is -0.0397. The van der Waals surface area contributed by atoms with Crippen LogP contribution in [0.5, 0.6) is 5.75 Å². The summed E-state index contributed by atoms with van der Waals surface area (Å²) in [4.78, 5) is 19.8. The number of benzene rings is 4. The Morgan fingerprint density at radius 1 is 0.943 bits per heavy atom. The van der Waals surface area contributed by atoms with Crippen LogP contribution in [0.15, 0.2) is 89.7 Å². The Labute approximate surface area is 203 Å². The van der Waals surface area contributed by atoms with Crippen LogP contribution in [-0.4, -0.2) is 16.5 Å². The maximum atomic E-state index is 13.6. The van der Waals surface area contributed by atoms with Crippen molar-refractivity contribution < 1.29 is 4.74 Å². The molecule has 0 saturated heterocycles. The number of ether oxygens (including phenoxy) is 1. The van der Waals surface area contributed by atoms with E-state index in [2.05, 4.69) is 77.5 Å². The monoisotopic (exact) mass is 458 g/mol. The predicted molar refractivity (Wildman–Crippen MR) is 140 cm³/mol. The van der Waals surface area contributed by atoms with E-state index in [0.29, 0.717) is 6.54 Å². The molecule has 5 aromatic rings. The lowest BCUT2D eigenvalue weighted by Crippen LogP contribution is -2.27. The van der Waals surface area contributed by atoms with Gasteiger partial charge in [-0.25, -0.2) is 0 Å². The highest BCUT2D eigenvalue weighted by Crippen LogP contribution is 2.44. The molecule has 4 nitrogen and oxygen atoms in total. The number of aromatic amines is 1. The number of hydrogen-bond donors (Lipinski definition) is 1. The normalized spacial score (nSPS) is 17.9. The Kier molecular flexibility index (Phi) is 4.58. The van der Waals surface area contributed by atoms with Crippen molar-refractivity contribution in [1.29, 1.82) is 0 Å². The molecule has 2 aliphatic heterocycles. The molecule has 0 bridgehead atoms. The molecule has 0 unspecified atom stereocenters. The summed E-state index contributed by atoms with van der Waals surface area (Å²) in [5.41, 5.74) is 6.64. The summed E-state index contributed by atoms with van der Waals surface area (Å²) in [6, 6.07) is 29.5. The average molecular weight is 459 g/mol. The molecule has 4 heteroatoms. The first-order valence-corrected chi connectivity index (χ1v) is 12.3. The Morgan fingerprint density at radius 2 is 1.74 bits per heavy atom. The van der Waals surface area contributed by atoms with Crippen molar-refractivity contribution in [3.05, 3.63) is 123 Å². The number of para-hydroxylation sites is 1. The fraction of sp³-hybridized carbons (Fsp3) is 0.194. The van der Waals surface area contributed by atoms with Crippen LogP contribution in [-0.2, 0) is 13.0 Å². The molecule has 0 amide bonds. The summed E-state index contributed by atoms with van der Waals surface area (Å²) in [6.07, 6.45) is 0.926. The molecule has 1 aromatic heterocycles. The van der Waals surface area contributed by atoms with E-state index >= 15 is 0 Å². The lowest BCUT2D eigenvalue weighted by Gasteiger charge is -2.32. The zero-order valence-corrected chi connectivity index (χ0v) is 19.6. The molecule has 0 spiro atoms. The van der Waals surface area contributed by atoms with Gasteiger partial charge in [0.25, 0.3) is 0 Å². The van der Waals surface area contributed by atoms with Crippen LogP contribution in [0.1, 0.15) is 47.0 Å². The van der Waals surface area contributed by atoms with Gasteiger partial charge in [0.15, 0.2) is 5.43 Å². The maximum Gasteiger partial charge on any atom is 0.194 e. The Balaban J connectivity index is 1.43. The smallest absolute Gasteiger partial charge is 0.194 e. The van der Waals surface area contributed by atoms with Gasteiger partial charge in [-0.3, -0.25) is 9.69 Å². The van der Waals surface area contributed by atoms with Crippen molar-refractivity contribution in [3.63, 3.8) is 0 Å². The molecule has 1 N–H and O–H groups in total. The topological polar surface area (TPSA) is 45.3 Å². The highest BCUT2D eigenvalue weighted by Gasteiger charge is 2.38. The van der Waals surface area contributed by atoms with Gasteiger partial charge < -0.3 is 9.72 Å². The van der Waals surface area contributed by atoms with Gasteiger partial charge in [-0.05, 0) is 52.6 Å². The number of hydrogen-bond acceptors (Lipinski definition) is 3. The van der Waals surface area contributed by atoms with Gasteiger partial charge >= 0.3 is 0 Å². The van der Waals surface area contributed by atoms with E-state index in [4.69, 9.17) is 4.74 Å². The minimum Gasteiger partial charge on any atom is -0.493 e. The standard InChI is InChI=1S/C31H26N2O2/c1-19(23-11-6-8-20-7-2-3-9-24(20)23)33-18-26-29(32-27-12-5-4-10-25(27)31(26)34)30(33)22-13-14-28-21(17-22)15-16-35-28/h2-14,17,19,30H,15-16,18H2,1H3,(H,32,34)/t19-,30+/m1/s1. The Hall–Kier alpha value is -3.89. The van der Waals surface area contributed by atoms with Gasteiger partial charge in [0.05, 0.1) is 12.6 Å². The summed E-state index contributed by atoms with van der Waals surface area (Å²) in [5.74, 6) is 0.979. The first-order valence-electron chi connectivity index (χ1n) is 12.3. The van der Waals surface area contributed by atoms with Crippen molar-refractivity contribution in [2.45, 2.75) is 32.0 Å². The van der Waals surface area contributed by atoms with E-state index in [1.165, 1.54) is 27.5 Å². The van der Waals surface area contributed by atoms with E-state index in [1.807, 2.05) is 24.3 Å². The predicted octanol–water partition coefficient (Wildman–Crippen LogP) is 6.28. The maximum absolute atomic E-state index is 13.6. The average Bonchev–Trinajstić information content (AvgIpc) is 3.52. The molecular weight excluding hydrogens is 432 g/mol. The number of rotatable bonds is 3. The third kappa shape index (κ3) is 3.14. The van der Waals surface area contributed by atoms with E-state index in [9.17, 15) is 4.79 Å². The van der Waals surface area contributed by atoms with Crippen molar-refractivity contribution >= 4 is 21.7 Å². The SMILES string of the molecule is C[C@H](c1cccc2ccccc12)N1Cc2c([nH]c3ccccc3c2=O)[C@@H]1c1ccc2c(c1)CCO2. The number of fused-ring (bicyclic) bond motifs is 4. The quantitative estimate of drug-likeness (QED) is 0.346. The highest BCUT2D eigenvalue weighted by atomic mass is 16.5. The van der Waals surface area contributed by atoms with E-state index in [0.717, 1.165) is 40.9 Å². The van der Waals surface area contributed by atoms with E-state index < -0.39 is 0 Å². The van der Waals surface area contributed by atoms with Crippen molar-refractivity contribution in [3.8, 4) is 5.75 Å². The van der Waals surface area contributed by atoms with Gasteiger partial charge in [-0.1, -0.05) is 66.7 Å². The second-order valence-electron chi connectivity index (χ2n) is 9.68. The number of aromatic nitrogens is 1. The van der Waals surface area contributed by atoms with Crippen LogP contribution in [0.25, 0.3) is 21.7 Å². The van der Waals surface area contributed by atoms with Gasteiger partial charge in [-0.2, -0.15) is 0 Å². The van der Waals surface area contributed by atoms with Gasteiger partial charge in [0.2, 0.25) is 0 Å². The Bertz CT molecular complexity index is 1660. The molecule has 2 aliphatic rings. The number of pyridine rings is 1. The highest BCUT2D eigenvalue weighted by molar-refractivity contribution is 5.86. The number of nitrogens with one attached hydrogen (secondary N) is 1. The number of nitrogens with zero attached hydrogens (tertiary/aromatic N) is 1. The van der Waals surface area contributed by atoms with Crippen LogP contribution in [0, 0.1) is 0 Å². The molecule has 0 fully saturated rings. The first kappa shape index (κ1) is 20.5. The number of H-pyrrole nitrogens is 1. The van der Waals surface area contributed by atoms with Crippen molar-refractivity contribution in [2.75, 3.05) is 6.61 Å². The van der Waals surface area contributed by atoms with Crippen LogP contribution in [0.2, 0.25) is 0 Å². The molecule has 0 radical (unpaired) electrons. The minimum absolute atomic E-state index is 0.0397. The zero-order chi connectivity index (χ0) is 23.5. The Morgan fingerprint density at radius 3 is 2.66 bits per heavy atom. The molecule has 0 aliphatic carbocycles. The lowest BCUT2D eigenvalue weighted by molar-refractivity contribution is 0.180. The molecule has 2 atom stereocenters. The second kappa shape index (κ2) is 7.82. The molecule has 7 rings (SSSR count). The summed E-state index contributed by atoms with van der Waals surface area (Å²) >= 11 is 0. The van der Waals surface area contributed by atoms with Crippen LogP contribution in [0.4, 0.5) is 0 Å². The first-order chi connectivity index (χ1) is 17.2. The lowest BCUT2D eigenvalue weighted by atomic mass is 9.95. The fourth-order valence-corrected chi connectivity index (χ4v) is 6.01. The van der Waals surface area contributed by atoms with Crippen LogP contribution < -0.4 is 10.2 Å². The zero-order valence-electron chi connectivity index (χ0n) is 19.6. The molecule has 4 aromatic carbocycles.